The molecule has 0 amide bonds. The summed E-state index contributed by atoms with van der Waals surface area (Å²) in [6.07, 6.45) is 0.867. The molecule has 0 aliphatic carbocycles. The van der Waals surface area contributed by atoms with Crippen molar-refractivity contribution in [3.63, 3.8) is 0 Å². The van der Waals surface area contributed by atoms with Crippen LogP contribution in [0.3, 0.4) is 0 Å². The molecule has 0 N–H and O–H groups in total. The number of halogens is 2. The minimum absolute atomic E-state index is 0.0315. The second kappa shape index (κ2) is 6.66. The van der Waals surface area contributed by atoms with Gasteiger partial charge in [-0.25, -0.2) is 4.39 Å². The van der Waals surface area contributed by atoms with Gasteiger partial charge in [-0.1, -0.05) is 31.5 Å². The molecule has 0 unspecified atom stereocenters. The van der Waals surface area contributed by atoms with Crippen molar-refractivity contribution in [2.24, 2.45) is 5.92 Å². The first-order chi connectivity index (χ1) is 9.56. The summed E-state index contributed by atoms with van der Waals surface area (Å²) in [6.45, 7) is 4.27. The lowest BCUT2D eigenvalue weighted by Crippen LogP contribution is -2.03. The van der Waals surface area contributed by atoms with Gasteiger partial charge in [-0.15, -0.1) is 5.10 Å². The van der Waals surface area contributed by atoms with E-state index in [9.17, 15) is 4.39 Å². The minimum atomic E-state index is -0.387. The molecule has 5 heteroatoms. The van der Waals surface area contributed by atoms with Gasteiger partial charge in [0.15, 0.2) is 0 Å². The molecule has 1 aromatic carbocycles. The van der Waals surface area contributed by atoms with Gasteiger partial charge in [0.05, 0.1) is 10.7 Å². The Morgan fingerprint density at radius 3 is 2.60 bits per heavy atom. The molecule has 1 aromatic heterocycles. The number of benzene rings is 1. The van der Waals surface area contributed by atoms with Gasteiger partial charge in [0.1, 0.15) is 12.4 Å². The van der Waals surface area contributed by atoms with Crippen molar-refractivity contribution in [3.05, 3.63) is 52.4 Å². The molecule has 0 aliphatic heterocycles. The smallest absolute Gasteiger partial charge is 0.233 e. The van der Waals surface area contributed by atoms with Crippen LogP contribution in [0, 0.1) is 11.7 Å². The van der Waals surface area contributed by atoms with E-state index < -0.39 is 0 Å². The number of hydrogen-bond acceptors (Lipinski definition) is 3. The molecule has 0 saturated heterocycles. The second-order valence-corrected chi connectivity index (χ2v) is 5.36. The normalized spacial score (nSPS) is 10.8. The van der Waals surface area contributed by atoms with Gasteiger partial charge in [0, 0.05) is 11.6 Å². The molecule has 106 valence electrons. The van der Waals surface area contributed by atoms with Crippen molar-refractivity contribution in [2.45, 2.75) is 26.9 Å². The maximum absolute atomic E-state index is 13.6. The molecule has 20 heavy (non-hydrogen) atoms. The van der Waals surface area contributed by atoms with Crippen molar-refractivity contribution in [2.75, 3.05) is 0 Å². The Bertz CT molecular complexity index is 552. The molecular weight excluding hydrogens is 279 g/mol. The molecule has 1 heterocycles. The maximum atomic E-state index is 13.6. The third-order valence-electron chi connectivity index (χ3n) is 2.74. The summed E-state index contributed by atoms with van der Waals surface area (Å²) in [7, 11) is 0. The second-order valence-electron chi connectivity index (χ2n) is 4.95. The van der Waals surface area contributed by atoms with Crippen LogP contribution >= 0.6 is 11.6 Å². The van der Waals surface area contributed by atoms with E-state index in [0.717, 1.165) is 12.1 Å². The third kappa shape index (κ3) is 3.90. The van der Waals surface area contributed by atoms with Crippen molar-refractivity contribution in [3.8, 4) is 5.88 Å². The first-order valence-corrected chi connectivity index (χ1v) is 6.82. The third-order valence-corrected chi connectivity index (χ3v) is 3.09. The van der Waals surface area contributed by atoms with E-state index in [1.165, 1.54) is 6.07 Å². The highest BCUT2D eigenvalue weighted by atomic mass is 35.5. The molecule has 0 fully saturated rings. The molecule has 0 radical (unpaired) electrons. The van der Waals surface area contributed by atoms with Gasteiger partial charge in [-0.05, 0) is 30.5 Å². The Morgan fingerprint density at radius 1 is 1.20 bits per heavy atom. The Labute approximate surface area is 122 Å². The summed E-state index contributed by atoms with van der Waals surface area (Å²) in [4.78, 5) is 0. The number of ether oxygens (including phenoxy) is 1. The van der Waals surface area contributed by atoms with E-state index in [1.807, 2.05) is 6.07 Å². The van der Waals surface area contributed by atoms with Crippen LogP contribution in [0.2, 0.25) is 5.02 Å². The van der Waals surface area contributed by atoms with Crippen LogP contribution in [-0.4, -0.2) is 10.2 Å². The van der Waals surface area contributed by atoms with E-state index >= 15 is 0 Å². The molecule has 0 aliphatic rings. The van der Waals surface area contributed by atoms with Crippen LogP contribution < -0.4 is 4.74 Å². The van der Waals surface area contributed by atoms with Crippen molar-refractivity contribution in [1.82, 2.24) is 10.2 Å². The highest BCUT2D eigenvalue weighted by molar-refractivity contribution is 6.31. The Hall–Kier alpha value is -1.68. The SMILES string of the molecule is CC(C)Cc1ccc(OCc2c(F)cccc2Cl)nn1. The predicted octanol–water partition coefficient (Wildman–Crippen LogP) is 4.05. The van der Waals surface area contributed by atoms with Crippen LogP contribution in [-0.2, 0) is 13.0 Å². The zero-order valence-electron chi connectivity index (χ0n) is 11.4. The van der Waals surface area contributed by atoms with E-state index in [4.69, 9.17) is 16.3 Å². The lowest BCUT2D eigenvalue weighted by molar-refractivity contribution is 0.284. The van der Waals surface area contributed by atoms with Crippen LogP contribution in [0.4, 0.5) is 4.39 Å². The fourth-order valence-corrected chi connectivity index (χ4v) is 1.99. The molecule has 2 aromatic rings. The van der Waals surface area contributed by atoms with Gasteiger partial charge in [-0.2, -0.15) is 5.10 Å². The first-order valence-electron chi connectivity index (χ1n) is 6.44. The Kier molecular flexibility index (Phi) is 4.90. The highest BCUT2D eigenvalue weighted by Gasteiger charge is 2.08. The number of nitrogens with zero attached hydrogens (tertiary/aromatic N) is 2. The number of rotatable bonds is 5. The average Bonchev–Trinajstić information content (AvgIpc) is 2.39. The molecule has 0 saturated carbocycles. The van der Waals surface area contributed by atoms with E-state index in [2.05, 4.69) is 24.0 Å². The van der Waals surface area contributed by atoms with Crippen LogP contribution in [0.15, 0.2) is 30.3 Å². The summed E-state index contributed by atoms with van der Waals surface area (Å²) < 4.78 is 19.0. The van der Waals surface area contributed by atoms with Gasteiger partial charge >= 0.3 is 0 Å². The van der Waals surface area contributed by atoms with Crippen molar-refractivity contribution in [1.29, 1.82) is 0 Å². The summed E-state index contributed by atoms with van der Waals surface area (Å²) in [5.41, 5.74) is 1.23. The molecule has 0 bridgehead atoms. The quantitative estimate of drug-likeness (QED) is 0.834. The van der Waals surface area contributed by atoms with Gasteiger partial charge in [0.25, 0.3) is 0 Å². The zero-order chi connectivity index (χ0) is 14.5. The summed E-state index contributed by atoms with van der Waals surface area (Å²) >= 11 is 5.92. The van der Waals surface area contributed by atoms with Crippen LogP contribution in [0.5, 0.6) is 5.88 Å². The molecule has 0 atom stereocenters. The Morgan fingerprint density at radius 2 is 2.00 bits per heavy atom. The first kappa shape index (κ1) is 14.7. The monoisotopic (exact) mass is 294 g/mol. The standard InChI is InChI=1S/C15H16ClFN2O/c1-10(2)8-11-6-7-15(19-18-11)20-9-12-13(16)4-3-5-14(12)17/h3-7,10H,8-9H2,1-2H3. The molecular formula is C15H16ClFN2O. The number of hydrogen-bond donors (Lipinski definition) is 0. The minimum Gasteiger partial charge on any atom is -0.472 e. The van der Waals surface area contributed by atoms with Crippen LogP contribution in [0.1, 0.15) is 25.1 Å². The fraction of sp³-hybridized carbons (Fsp3) is 0.333. The molecule has 2 rings (SSSR count). The van der Waals surface area contributed by atoms with Crippen molar-refractivity contribution < 1.29 is 9.13 Å². The summed E-state index contributed by atoms with van der Waals surface area (Å²) in [6, 6.07) is 8.13. The van der Waals surface area contributed by atoms with E-state index in [0.29, 0.717) is 22.4 Å². The average molecular weight is 295 g/mol. The molecule has 0 spiro atoms. The van der Waals surface area contributed by atoms with Crippen LogP contribution in [0.25, 0.3) is 0 Å². The van der Waals surface area contributed by atoms with Gasteiger partial charge < -0.3 is 4.74 Å². The summed E-state index contributed by atoms with van der Waals surface area (Å²) in [5, 5.41) is 8.38. The largest absolute Gasteiger partial charge is 0.472 e. The van der Waals surface area contributed by atoms with Crippen molar-refractivity contribution >= 4 is 11.6 Å². The van der Waals surface area contributed by atoms with E-state index in [1.54, 1.807) is 18.2 Å². The lowest BCUT2D eigenvalue weighted by atomic mass is 10.1. The topological polar surface area (TPSA) is 35.0 Å². The maximum Gasteiger partial charge on any atom is 0.233 e. The highest BCUT2D eigenvalue weighted by Crippen LogP contribution is 2.20. The van der Waals surface area contributed by atoms with E-state index in [-0.39, 0.29) is 12.4 Å². The zero-order valence-corrected chi connectivity index (χ0v) is 12.2. The van der Waals surface area contributed by atoms with Gasteiger partial charge in [-0.3, -0.25) is 0 Å². The lowest BCUT2D eigenvalue weighted by Gasteiger charge is -2.08. The summed E-state index contributed by atoms with van der Waals surface area (Å²) in [5.74, 6) is 0.493. The fourth-order valence-electron chi connectivity index (χ4n) is 1.77. The predicted molar refractivity (Wildman–Crippen MR) is 76.3 cm³/mol. The Balaban J connectivity index is 2.00. The van der Waals surface area contributed by atoms with Gasteiger partial charge in [0.2, 0.25) is 5.88 Å². The number of aromatic nitrogens is 2. The molecule has 3 nitrogen and oxygen atoms in total.